The number of nitrogens with one attached hydrogen (secondary N) is 1. The van der Waals surface area contributed by atoms with Crippen LogP contribution < -0.4 is 5.32 Å². The molecule has 1 aromatic rings. The minimum atomic E-state index is -0.291. The maximum absolute atomic E-state index is 12.7. The molecule has 0 bridgehead atoms. The van der Waals surface area contributed by atoms with Crippen LogP contribution in [0.1, 0.15) is 44.6 Å². The van der Waals surface area contributed by atoms with Crippen LogP contribution in [0.3, 0.4) is 0 Å². The molecule has 1 atom stereocenters. The maximum atomic E-state index is 12.7. The predicted molar refractivity (Wildman–Crippen MR) is 115 cm³/mol. The van der Waals surface area contributed by atoms with E-state index in [4.69, 9.17) is 0 Å². The lowest BCUT2D eigenvalue weighted by atomic mass is 9.95. The summed E-state index contributed by atoms with van der Waals surface area (Å²) in [5.41, 5.74) is 1.31. The summed E-state index contributed by atoms with van der Waals surface area (Å²) in [7, 11) is 1.87. The zero-order valence-corrected chi connectivity index (χ0v) is 18.0. The molecule has 0 aromatic heterocycles. The molecule has 1 saturated carbocycles. The van der Waals surface area contributed by atoms with E-state index in [-0.39, 0.29) is 24.4 Å². The summed E-state index contributed by atoms with van der Waals surface area (Å²) < 4.78 is 0. The van der Waals surface area contributed by atoms with Crippen molar-refractivity contribution in [2.45, 2.75) is 57.7 Å². The van der Waals surface area contributed by atoms with E-state index in [0.717, 1.165) is 45.6 Å². The SMILES string of the molecule is C[C@@H](C(=O)NC1CCCCC1)N(C)CC(=O)N1CCN(Cc2ccccc2)CC1. The summed E-state index contributed by atoms with van der Waals surface area (Å²) in [6, 6.07) is 10.5. The van der Waals surface area contributed by atoms with Gasteiger partial charge in [0.2, 0.25) is 11.8 Å². The van der Waals surface area contributed by atoms with Gasteiger partial charge in [0, 0.05) is 38.8 Å². The Balaban J connectivity index is 1.39. The fourth-order valence-corrected chi connectivity index (χ4v) is 4.22. The molecule has 1 aliphatic carbocycles. The molecule has 6 nitrogen and oxygen atoms in total. The highest BCUT2D eigenvalue weighted by Crippen LogP contribution is 2.17. The molecule has 3 rings (SSSR count). The third kappa shape index (κ3) is 6.54. The molecule has 1 heterocycles. The van der Waals surface area contributed by atoms with Gasteiger partial charge < -0.3 is 10.2 Å². The van der Waals surface area contributed by atoms with Crippen molar-refractivity contribution >= 4 is 11.8 Å². The third-order valence-corrected chi connectivity index (χ3v) is 6.35. The maximum Gasteiger partial charge on any atom is 0.237 e. The first kappa shape index (κ1) is 21.8. The smallest absolute Gasteiger partial charge is 0.237 e. The molecule has 2 aliphatic rings. The van der Waals surface area contributed by atoms with Gasteiger partial charge in [-0.15, -0.1) is 0 Å². The Hall–Kier alpha value is -1.92. The van der Waals surface area contributed by atoms with E-state index >= 15 is 0 Å². The van der Waals surface area contributed by atoms with Gasteiger partial charge in [-0.1, -0.05) is 49.6 Å². The van der Waals surface area contributed by atoms with Gasteiger partial charge in [-0.2, -0.15) is 0 Å². The molecule has 1 aromatic carbocycles. The number of amides is 2. The fourth-order valence-electron chi connectivity index (χ4n) is 4.22. The average molecular weight is 401 g/mol. The molecule has 0 spiro atoms. The fraction of sp³-hybridized carbons (Fsp3) is 0.652. The number of benzene rings is 1. The number of hydrogen-bond donors (Lipinski definition) is 1. The zero-order chi connectivity index (χ0) is 20.6. The molecule has 29 heavy (non-hydrogen) atoms. The van der Waals surface area contributed by atoms with Gasteiger partial charge in [0.25, 0.3) is 0 Å². The summed E-state index contributed by atoms with van der Waals surface area (Å²) in [6.07, 6.45) is 5.82. The summed E-state index contributed by atoms with van der Waals surface area (Å²) in [5.74, 6) is 0.157. The molecule has 1 aliphatic heterocycles. The monoisotopic (exact) mass is 400 g/mol. The number of nitrogens with zero attached hydrogens (tertiary/aromatic N) is 3. The van der Waals surface area contributed by atoms with Crippen LogP contribution in [-0.4, -0.2) is 78.4 Å². The molecule has 1 saturated heterocycles. The normalized spacial score (nSPS) is 19.9. The number of piperazine rings is 1. The van der Waals surface area contributed by atoms with Gasteiger partial charge in [-0.25, -0.2) is 0 Å². The second kappa shape index (κ2) is 10.7. The number of carbonyl (C=O) groups is 2. The predicted octanol–water partition coefficient (Wildman–Crippen LogP) is 2.10. The van der Waals surface area contributed by atoms with Crippen molar-refractivity contribution in [3.8, 4) is 0 Å². The Morgan fingerprint density at radius 3 is 2.38 bits per heavy atom. The molecule has 160 valence electrons. The van der Waals surface area contributed by atoms with Crippen LogP contribution in [0.4, 0.5) is 0 Å². The van der Waals surface area contributed by atoms with Gasteiger partial charge in [-0.3, -0.25) is 19.4 Å². The second-order valence-electron chi connectivity index (χ2n) is 8.58. The van der Waals surface area contributed by atoms with Crippen molar-refractivity contribution in [3.05, 3.63) is 35.9 Å². The van der Waals surface area contributed by atoms with Gasteiger partial charge >= 0.3 is 0 Å². The Bertz CT molecular complexity index is 652. The van der Waals surface area contributed by atoms with Gasteiger partial charge in [0.1, 0.15) is 0 Å². The number of carbonyl (C=O) groups excluding carboxylic acids is 2. The first-order valence-electron chi connectivity index (χ1n) is 11.1. The third-order valence-electron chi connectivity index (χ3n) is 6.35. The topological polar surface area (TPSA) is 55.9 Å². The van der Waals surface area contributed by atoms with E-state index in [9.17, 15) is 9.59 Å². The molecule has 2 fully saturated rings. The van der Waals surface area contributed by atoms with Crippen molar-refractivity contribution < 1.29 is 9.59 Å². The van der Waals surface area contributed by atoms with Crippen molar-refractivity contribution in [2.75, 3.05) is 39.8 Å². The molecular weight excluding hydrogens is 364 g/mol. The molecular formula is C23H36N4O2. The first-order valence-corrected chi connectivity index (χ1v) is 11.1. The van der Waals surface area contributed by atoms with Crippen LogP contribution in [0, 0.1) is 0 Å². The second-order valence-corrected chi connectivity index (χ2v) is 8.58. The van der Waals surface area contributed by atoms with Crippen LogP contribution in [0.5, 0.6) is 0 Å². The minimum Gasteiger partial charge on any atom is -0.352 e. The van der Waals surface area contributed by atoms with E-state index in [1.54, 1.807) is 0 Å². The lowest BCUT2D eigenvalue weighted by Gasteiger charge is -2.36. The van der Waals surface area contributed by atoms with Crippen molar-refractivity contribution in [1.29, 1.82) is 0 Å². The Kier molecular flexibility index (Phi) is 8.07. The van der Waals surface area contributed by atoms with E-state index in [1.165, 1.54) is 24.8 Å². The van der Waals surface area contributed by atoms with Crippen molar-refractivity contribution in [1.82, 2.24) is 20.0 Å². The van der Waals surface area contributed by atoms with E-state index in [1.807, 2.05) is 29.8 Å². The standard InChI is InChI=1S/C23H36N4O2/c1-19(23(29)24-21-11-7-4-8-12-21)25(2)18-22(28)27-15-13-26(14-16-27)17-20-9-5-3-6-10-20/h3,5-6,9-10,19,21H,4,7-8,11-18H2,1-2H3,(H,24,29)/t19-/m0/s1. The Labute approximate surface area is 175 Å². The highest BCUT2D eigenvalue weighted by Gasteiger charge is 2.26. The van der Waals surface area contributed by atoms with Crippen LogP contribution >= 0.6 is 0 Å². The van der Waals surface area contributed by atoms with E-state index < -0.39 is 0 Å². The van der Waals surface area contributed by atoms with Gasteiger partial charge in [0.05, 0.1) is 12.6 Å². The largest absolute Gasteiger partial charge is 0.352 e. The van der Waals surface area contributed by atoms with Crippen molar-refractivity contribution in [3.63, 3.8) is 0 Å². The average Bonchev–Trinajstić information content (AvgIpc) is 2.75. The molecule has 1 N–H and O–H groups in total. The van der Waals surface area contributed by atoms with Gasteiger partial charge in [-0.05, 0) is 32.4 Å². The lowest BCUT2D eigenvalue weighted by Crippen LogP contribution is -2.53. The number of rotatable bonds is 7. The van der Waals surface area contributed by atoms with Crippen molar-refractivity contribution in [2.24, 2.45) is 0 Å². The number of hydrogen-bond acceptors (Lipinski definition) is 4. The highest BCUT2D eigenvalue weighted by atomic mass is 16.2. The summed E-state index contributed by atoms with van der Waals surface area (Å²) >= 11 is 0. The van der Waals surface area contributed by atoms with Crippen LogP contribution in [0.2, 0.25) is 0 Å². The summed E-state index contributed by atoms with van der Waals surface area (Å²) in [5, 5.41) is 3.17. The van der Waals surface area contributed by atoms with E-state index in [2.05, 4.69) is 34.5 Å². The Morgan fingerprint density at radius 2 is 1.72 bits per heavy atom. The number of likely N-dealkylation sites (N-methyl/N-ethyl adjacent to an activating group) is 1. The quantitative estimate of drug-likeness (QED) is 0.762. The van der Waals surface area contributed by atoms with Crippen LogP contribution in [-0.2, 0) is 16.1 Å². The minimum absolute atomic E-state index is 0.0416. The van der Waals surface area contributed by atoms with Crippen LogP contribution in [0.25, 0.3) is 0 Å². The van der Waals surface area contributed by atoms with Crippen LogP contribution in [0.15, 0.2) is 30.3 Å². The van der Waals surface area contributed by atoms with Gasteiger partial charge in [0.15, 0.2) is 0 Å². The summed E-state index contributed by atoms with van der Waals surface area (Å²) in [4.78, 5) is 31.5. The van der Waals surface area contributed by atoms with E-state index in [0.29, 0.717) is 6.04 Å². The first-order chi connectivity index (χ1) is 14.0. The lowest BCUT2D eigenvalue weighted by molar-refractivity contribution is -0.135. The Morgan fingerprint density at radius 1 is 1.07 bits per heavy atom. The molecule has 2 amide bonds. The molecule has 0 unspecified atom stereocenters. The molecule has 0 radical (unpaired) electrons. The summed E-state index contributed by atoms with van der Waals surface area (Å²) in [6.45, 7) is 6.40. The highest BCUT2D eigenvalue weighted by molar-refractivity contribution is 5.83. The zero-order valence-electron chi connectivity index (χ0n) is 18.0. The molecule has 6 heteroatoms.